The van der Waals surface area contributed by atoms with E-state index in [0.717, 1.165) is 24.3 Å². The molecule has 1 aromatic carbocycles. The minimum absolute atomic E-state index is 0.0211. The van der Waals surface area contributed by atoms with E-state index in [0.29, 0.717) is 0 Å². The van der Waals surface area contributed by atoms with Crippen LogP contribution in [0.2, 0.25) is 5.02 Å². The third kappa shape index (κ3) is 1.44. The first-order valence-electron chi connectivity index (χ1n) is 6.11. The molecule has 1 aromatic rings. The van der Waals surface area contributed by atoms with Gasteiger partial charge in [-0.25, -0.2) is 0 Å². The summed E-state index contributed by atoms with van der Waals surface area (Å²) in [6.07, 6.45) is 2.95. The van der Waals surface area contributed by atoms with Crippen LogP contribution in [-0.2, 0) is 14.9 Å². The summed E-state index contributed by atoms with van der Waals surface area (Å²) in [6, 6.07) is 7.52. The fourth-order valence-corrected chi connectivity index (χ4v) is 3.81. The van der Waals surface area contributed by atoms with Gasteiger partial charge in [0.25, 0.3) is 0 Å². The van der Waals surface area contributed by atoms with Crippen LogP contribution >= 0.6 is 11.6 Å². The summed E-state index contributed by atoms with van der Waals surface area (Å²) in [7, 11) is 1.39. The first-order valence-corrected chi connectivity index (χ1v) is 6.49. The zero-order valence-corrected chi connectivity index (χ0v) is 11.0. The summed E-state index contributed by atoms with van der Waals surface area (Å²) >= 11 is 5.89. The maximum absolute atomic E-state index is 11.5. The fraction of sp³-hybridized carbons (Fsp3) is 0.500. The molecule has 4 heteroatoms. The number of carbonyl (C=O) groups excluding carboxylic acids is 1. The Hall–Kier alpha value is -1.06. The van der Waals surface area contributed by atoms with Crippen molar-refractivity contribution in [2.75, 3.05) is 7.11 Å². The number of rotatable bonds is 3. The number of esters is 1. The number of carbonyl (C=O) groups is 1. The second-order valence-electron chi connectivity index (χ2n) is 5.68. The van der Waals surface area contributed by atoms with Gasteiger partial charge in [-0.1, -0.05) is 23.7 Å². The summed E-state index contributed by atoms with van der Waals surface area (Å²) in [5, 5.41) is 0.756. The average molecular weight is 266 g/mol. The Kier molecular flexibility index (Phi) is 2.48. The zero-order valence-electron chi connectivity index (χ0n) is 10.3. The Morgan fingerprint density at radius 2 is 1.89 bits per heavy atom. The first kappa shape index (κ1) is 12.0. The molecule has 0 spiro atoms. The highest BCUT2D eigenvalue weighted by Crippen LogP contribution is 2.74. The van der Waals surface area contributed by atoms with Crippen LogP contribution in [0.1, 0.15) is 24.8 Å². The third-order valence-electron chi connectivity index (χ3n) is 4.64. The lowest BCUT2D eigenvalue weighted by atomic mass is 9.31. The van der Waals surface area contributed by atoms with Crippen molar-refractivity contribution >= 4 is 17.6 Å². The van der Waals surface area contributed by atoms with Gasteiger partial charge >= 0.3 is 5.97 Å². The first-order chi connectivity index (χ1) is 8.51. The van der Waals surface area contributed by atoms with Gasteiger partial charge in [0.05, 0.1) is 7.11 Å². The number of methoxy groups -OCH3 is 1. The van der Waals surface area contributed by atoms with Crippen molar-refractivity contribution in [2.24, 2.45) is 11.1 Å². The number of nitrogens with two attached hydrogens (primary N) is 1. The molecule has 96 valence electrons. The topological polar surface area (TPSA) is 52.3 Å². The molecule has 0 saturated heterocycles. The van der Waals surface area contributed by atoms with E-state index < -0.39 is 6.04 Å². The highest BCUT2D eigenvalue weighted by molar-refractivity contribution is 6.30. The molecule has 0 heterocycles. The van der Waals surface area contributed by atoms with Crippen molar-refractivity contribution in [3.8, 4) is 0 Å². The third-order valence-corrected chi connectivity index (χ3v) is 4.89. The number of halogens is 1. The minimum atomic E-state index is -0.475. The Bertz CT molecular complexity index is 477. The van der Waals surface area contributed by atoms with Crippen LogP contribution in [0.25, 0.3) is 0 Å². The Balaban J connectivity index is 1.73. The molecule has 1 atom stereocenters. The maximum Gasteiger partial charge on any atom is 0.323 e. The molecule has 3 fully saturated rings. The Labute approximate surface area is 111 Å². The number of ether oxygens (including phenoxy) is 1. The molecule has 18 heavy (non-hydrogen) atoms. The van der Waals surface area contributed by atoms with Crippen molar-refractivity contribution in [2.45, 2.75) is 30.7 Å². The van der Waals surface area contributed by atoms with E-state index in [-0.39, 0.29) is 16.8 Å². The predicted octanol–water partition coefficient (Wildman–Crippen LogP) is 2.26. The molecule has 0 amide bonds. The number of benzene rings is 1. The molecule has 2 N–H and O–H groups in total. The molecule has 0 aromatic heterocycles. The van der Waals surface area contributed by atoms with Gasteiger partial charge in [0.15, 0.2) is 0 Å². The second kappa shape index (κ2) is 3.72. The normalized spacial score (nSPS) is 34.2. The van der Waals surface area contributed by atoms with E-state index in [1.54, 1.807) is 0 Å². The number of hydrogen-bond donors (Lipinski definition) is 1. The lowest BCUT2D eigenvalue weighted by molar-refractivity contribution is -0.181. The zero-order chi connectivity index (χ0) is 13.0. The lowest BCUT2D eigenvalue weighted by Gasteiger charge is -2.72. The summed E-state index contributed by atoms with van der Waals surface area (Å²) in [5.74, 6) is -0.292. The van der Waals surface area contributed by atoms with Crippen molar-refractivity contribution in [3.63, 3.8) is 0 Å². The fourth-order valence-electron chi connectivity index (χ4n) is 3.68. The summed E-state index contributed by atoms with van der Waals surface area (Å²) in [5.41, 5.74) is 7.49. The van der Waals surface area contributed by atoms with E-state index in [2.05, 4.69) is 12.1 Å². The quantitative estimate of drug-likeness (QED) is 0.853. The van der Waals surface area contributed by atoms with Crippen LogP contribution in [0.4, 0.5) is 0 Å². The van der Waals surface area contributed by atoms with E-state index in [9.17, 15) is 4.79 Å². The highest BCUT2D eigenvalue weighted by atomic mass is 35.5. The van der Waals surface area contributed by atoms with Crippen molar-refractivity contribution in [3.05, 3.63) is 34.9 Å². The van der Waals surface area contributed by atoms with Crippen LogP contribution in [0.15, 0.2) is 24.3 Å². The van der Waals surface area contributed by atoms with E-state index in [4.69, 9.17) is 22.1 Å². The average Bonchev–Trinajstić information content (AvgIpc) is 2.27. The molecule has 3 aliphatic rings. The monoisotopic (exact) mass is 265 g/mol. The van der Waals surface area contributed by atoms with Crippen LogP contribution in [-0.4, -0.2) is 19.1 Å². The van der Waals surface area contributed by atoms with E-state index in [1.807, 2.05) is 12.1 Å². The van der Waals surface area contributed by atoms with Crippen molar-refractivity contribution in [1.29, 1.82) is 0 Å². The molecular formula is C14H16ClNO2. The summed E-state index contributed by atoms with van der Waals surface area (Å²) in [4.78, 5) is 11.5. The van der Waals surface area contributed by atoms with Crippen molar-refractivity contribution < 1.29 is 9.53 Å². The minimum Gasteiger partial charge on any atom is -0.468 e. The van der Waals surface area contributed by atoms with E-state index >= 15 is 0 Å². The van der Waals surface area contributed by atoms with Gasteiger partial charge in [0.1, 0.15) is 6.04 Å². The van der Waals surface area contributed by atoms with Gasteiger partial charge in [-0.2, -0.15) is 0 Å². The van der Waals surface area contributed by atoms with Crippen LogP contribution in [0, 0.1) is 5.41 Å². The second-order valence-corrected chi connectivity index (χ2v) is 6.12. The maximum atomic E-state index is 11.5. The van der Waals surface area contributed by atoms with Gasteiger partial charge in [-0.3, -0.25) is 4.79 Å². The molecule has 2 bridgehead atoms. The summed E-state index contributed by atoms with van der Waals surface area (Å²) in [6.45, 7) is 0. The lowest BCUT2D eigenvalue weighted by Crippen LogP contribution is -2.72. The van der Waals surface area contributed by atoms with Gasteiger partial charge in [-0.05, 0) is 47.8 Å². The van der Waals surface area contributed by atoms with Crippen LogP contribution in [0.3, 0.4) is 0 Å². The number of hydrogen-bond acceptors (Lipinski definition) is 3. The Morgan fingerprint density at radius 3 is 2.39 bits per heavy atom. The van der Waals surface area contributed by atoms with E-state index in [1.165, 1.54) is 12.7 Å². The molecular weight excluding hydrogens is 250 g/mol. The van der Waals surface area contributed by atoms with Crippen LogP contribution in [0.5, 0.6) is 0 Å². The molecule has 0 aliphatic heterocycles. The van der Waals surface area contributed by atoms with Gasteiger partial charge in [0, 0.05) is 5.02 Å². The van der Waals surface area contributed by atoms with Gasteiger partial charge in [0.2, 0.25) is 0 Å². The smallest absolute Gasteiger partial charge is 0.323 e. The molecule has 3 aliphatic carbocycles. The molecule has 1 unspecified atom stereocenters. The standard InChI is InChI=1S/C14H16ClNO2/c1-18-12(17)11(16)14-6-13(7-14,8-14)9-2-4-10(15)5-3-9/h2-5,11H,6-8,16H2,1H3. The van der Waals surface area contributed by atoms with Crippen LogP contribution < -0.4 is 5.73 Å². The highest BCUT2D eigenvalue weighted by Gasteiger charge is 2.71. The molecule has 4 rings (SSSR count). The van der Waals surface area contributed by atoms with Gasteiger partial charge < -0.3 is 10.5 Å². The van der Waals surface area contributed by atoms with Gasteiger partial charge in [-0.15, -0.1) is 0 Å². The van der Waals surface area contributed by atoms with Crippen molar-refractivity contribution in [1.82, 2.24) is 0 Å². The predicted molar refractivity (Wildman–Crippen MR) is 69.4 cm³/mol. The summed E-state index contributed by atoms with van der Waals surface area (Å²) < 4.78 is 4.73. The molecule has 3 saturated carbocycles. The largest absolute Gasteiger partial charge is 0.468 e. The molecule has 3 nitrogen and oxygen atoms in total. The molecule has 0 radical (unpaired) electrons. The Morgan fingerprint density at radius 1 is 1.33 bits per heavy atom. The SMILES string of the molecule is COC(=O)C(N)C12CC(c3ccc(Cl)cc3)(C1)C2.